The summed E-state index contributed by atoms with van der Waals surface area (Å²) < 4.78 is 0. The van der Waals surface area contributed by atoms with E-state index in [2.05, 4.69) is 0 Å². The predicted molar refractivity (Wildman–Crippen MR) is 70.2 cm³/mol. The number of nitrogens with zero attached hydrogens (tertiary/aromatic N) is 2. The van der Waals surface area contributed by atoms with Gasteiger partial charge in [0.1, 0.15) is 5.56 Å². The van der Waals surface area contributed by atoms with E-state index in [1.54, 1.807) is 24.3 Å². The third kappa shape index (κ3) is 2.47. The summed E-state index contributed by atoms with van der Waals surface area (Å²) in [6.45, 7) is 0. The summed E-state index contributed by atoms with van der Waals surface area (Å²) in [5, 5.41) is 28.7. The van der Waals surface area contributed by atoms with Gasteiger partial charge in [-0.1, -0.05) is 18.2 Å². The lowest BCUT2D eigenvalue weighted by Crippen LogP contribution is -2.02. The first-order valence-corrected chi connectivity index (χ1v) is 5.55. The van der Waals surface area contributed by atoms with E-state index in [1.165, 1.54) is 18.2 Å². The normalized spacial score (nSPS) is 9.75. The van der Waals surface area contributed by atoms with E-state index < -0.39 is 16.6 Å². The van der Waals surface area contributed by atoms with Crippen LogP contribution in [0.3, 0.4) is 0 Å². The molecule has 0 spiro atoms. The highest BCUT2D eigenvalue weighted by atomic mass is 16.6. The Bertz CT molecular complexity index is 747. The van der Waals surface area contributed by atoms with Crippen LogP contribution in [0.5, 0.6) is 0 Å². The van der Waals surface area contributed by atoms with Crippen molar-refractivity contribution in [3.63, 3.8) is 0 Å². The summed E-state index contributed by atoms with van der Waals surface area (Å²) in [6.07, 6.45) is 0. The van der Waals surface area contributed by atoms with Crippen LogP contribution in [0.4, 0.5) is 5.69 Å². The summed E-state index contributed by atoms with van der Waals surface area (Å²) in [6, 6.07) is 12.4. The molecule has 0 fully saturated rings. The first kappa shape index (κ1) is 13.2. The first-order valence-electron chi connectivity index (χ1n) is 5.55. The van der Waals surface area contributed by atoms with E-state index in [4.69, 9.17) is 10.4 Å². The molecule has 98 valence electrons. The second-order valence-corrected chi connectivity index (χ2v) is 3.99. The number of nitriles is 1. The quantitative estimate of drug-likeness (QED) is 0.680. The van der Waals surface area contributed by atoms with Crippen LogP contribution >= 0.6 is 0 Å². The molecule has 1 N–H and O–H groups in total. The van der Waals surface area contributed by atoms with E-state index in [0.29, 0.717) is 16.7 Å². The van der Waals surface area contributed by atoms with Crippen molar-refractivity contribution in [2.75, 3.05) is 0 Å². The smallest absolute Gasteiger partial charge is 0.342 e. The standard InChI is InChI=1S/C14H8N2O4/c15-8-9-2-1-3-10(6-9)11-4-5-12(14(17)18)13(7-11)16(19)20/h1-7H,(H,17,18). The van der Waals surface area contributed by atoms with Gasteiger partial charge in [-0.3, -0.25) is 10.1 Å². The van der Waals surface area contributed by atoms with Crippen LogP contribution < -0.4 is 0 Å². The van der Waals surface area contributed by atoms with E-state index in [9.17, 15) is 14.9 Å². The number of nitro groups is 1. The molecule has 0 amide bonds. The molecule has 6 heteroatoms. The summed E-state index contributed by atoms with van der Waals surface area (Å²) >= 11 is 0. The monoisotopic (exact) mass is 268 g/mol. The van der Waals surface area contributed by atoms with Crippen LogP contribution in [0, 0.1) is 21.4 Å². The van der Waals surface area contributed by atoms with Crippen molar-refractivity contribution in [3.8, 4) is 17.2 Å². The zero-order chi connectivity index (χ0) is 14.7. The van der Waals surface area contributed by atoms with Gasteiger partial charge in [-0.25, -0.2) is 4.79 Å². The van der Waals surface area contributed by atoms with Crippen molar-refractivity contribution in [2.24, 2.45) is 0 Å². The number of hydrogen-bond acceptors (Lipinski definition) is 4. The van der Waals surface area contributed by atoms with Crippen molar-refractivity contribution < 1.29 is 14.8 Å². The van der Waals surface area contributed by atoms with Gasteiger partial charge in [0.15, 0.2) is 0 Å². The summed E-state index contributed by atoms with van der Waals surface area (Å²) in [7, 11) is 0. The third-order valence-corrected chi connectivity index (χ3v) is 2.75. The van der Waals surface area contributed by atoms with Gasteiger partial charge in [0.2, 0.25) is 0 Å². The summed E-state index contributed by atoms with van der Waals surface area (Å²) in [5.74, 6) is -1.35. The minimum atomic E-state index is -1.35. The average molecular weight is 268 g/mol. The fourth-order valence-electron chi connectivity index (χ4n) is 1.81. The average Bonchev–Trinajstić information content (AvgIpc) is 2.46. The van der Waals surface area contributed by atoms with Crippen LogP contribution in [0.2, 0.25) is 0 Å². The predicted octanol–water partition coefficient (Wildman–Crippen LogP) is 2.83. The minimum Gasteiger partial charge on any atom is -0.477 e. The van der Waals surface area contributed by atoms with Gasteiger partial charge in [0.25, 0.3) is 5.69 Å². The Hall–Kier alpha value is -3.20. The maximum atomic E-state index is 10.9. The minimum absolute atomic E-state index is 0.366. The molecule has 0 aliphatic carbocycles. The van der Waals surface area contributed by atoms with Crippen LogP contribution in [0.1, 0.15) is 15.9 Å². The van der Waals surface area contributed by atoms with Gasteiger partial charge in [-0.15, -0.1) is 0 Å². The van der Waals surface area contributed by atoms with Gasteiger partial charge in [-0.2, -0.15) is 5.26 Å². The first-order chi connectivity index (χ1) is 9.52. The molecule has 2 rings (SSSR count). The Morgan fingerprint density at radius 1 is 1.20 bits per heavy atom. The highest BCUT2D eigenvalue weighted by Crippen LogP contribution is 2.27. The lowest BCUT2D eigenvalue weighted by Gasteiger charge is -2.04. The van der Waals surface area contributed by atoms with Crippen LogP contribution in [-0.2, 0) is 0 Å². The van der Waals surface area contributed by atoms with Crippen molar-refractivity contribution >= 4 is 11.7 Å². The highest BCUT2D eigenvalue weighted by molar-refractivity contribution is 5.93. The number of aromatic carboxylic acids is 1. The number of benzene rings is 2. The Morgan fingerprint density at radius 3 is 2.50 bits per heavy atom. The van der Waals surface area contributed by atoms with Crippen LogP contribution in [0.15, 0.2) is 42.5 Å². The Kier molecular flexibility index (Phi) is 3.44. The van der Waals surface area contributed by atoms with Crippen molar-refractivity contribution in [2.45, 2.75) is 0 Å². The van der Waals surface area contributed by atoms with Crippen LogP contribution in [-0.4, -0.2) is 16.0 Å². The zero-order valence-electron chi connectivity index (χ0n) is 10.1. The number of nitro benzene ring substituents is 1. The molecule has 20 heavy (non-hydrogen) atoms. The number of carbonyl (C=O) groups is 1. The maximum Gasteiger partial charge on any atom is 0.342 e. The lowest BCUT2D eigenvalue weighted by molar-refractivity contribution is -0.385. The number of carboxylic acid groups (broad SMARTS) is 1. The molecule has 2 aromatic rings. The number of rotatable bonds is 3. The topological polar surface area (TPSA) is 104 Å². The van der Waals surface area contributed by atoms with E-state index in [1.807, 2.05) is 6.07 Å². The number of carboxylic acids is 1. The molecule has 6 nitrogen and oxygen atoms in total. The molecule has 0 aliphatic rings. The van der Waals surface area contributed by atoms with Crippen molar-refractivity contribution in [3.05, 3.63) is 63.7 Å². The lowest BCUT2D eigenvalue weighted by atomic mass is 10.0. The second-order valence-electron chi connectivity index (χ2n) is 3.99. The van der Waals surface area contributed by atoms with E-state index >= 15 is 0 Å². The molecule has 0 heterocycles. The fourth-order valence-corrected chi connectivity index (χ4v) is 1.81. The Morgan fingerprint density at radius 2 is 1.90 bits per heavy atom. The van der Waals surface area contributed by atoms with Gasteiger partial charge in [0, 0.05) is 6.07 Å². The van der Waals surface area contributed by atoms with Crippen molar-refractivity contribution in [1.82, 2.24) is 0 Å². The molecular formula is C14H8N2O4. The molecule has 0 aliphatic heterocycles. The summed E-state index contributed by atoms with van der Waals surface area (Å²) in [5.41, 5.74) is 0.683. The van der Waals surface area contributed by atoms with Gasteiger partial charge >= 0.3 is 5.97 Å². The maximum absolute atomic E-state index is 10.9. The molecule has 0 saturated heterocycles. The van der Waals surface area contributed by atoms with E-state index in [0.717, 1.165) is 0 Å². The van der Waals surface area contributed by atoms with E-state index in [-0.39, 0.29) is 5.56 Å². The van der Waals surface area contributed by atoms with Gasteiger partial charge in [-0.05, 0) is 29.3 Å². The molecular weight excluding hydrogens is 260 g/mol. The van der Waals surface area contributed by atoms with Crippen LogP contribution in [0.25, 0.3) is 11.1 Å². The molecule has 0 atom stereocenters. The zero-order valence-corrected chi connectivity index (χ0v) is 10.1. The molecule has 0 bridgehead atoms. The Labute approximate surface area is 113 Å². The van der Waals surface area contributed by atoms with Crippen molar-refractivity contribution in [1.29, 1.82) is 5.26 Å². The third-order valence-electron chi connectivity index (χ3n) is 2.75. The highest BCUT2D eigenvalue weighted by Gasteiger charge is 2.20. The fraction of sp³-hybridized carbons (Fsp3) is 0. The van der Waals surface area contributed by atoms with Gasteiger partial charge in [0.05, 0.1) is 16.6 Å². The SMILES string of the molecule is N#Cc1cccc(-c2ccc(C(=O)O)c([N+](=O)[O-])c2)c1. The Balaban J connectivity index is 2.59. The molecule has 0 radical (unpaired) electrons. The molecule has 0 unspecified atom stereocenters. The second kappa shape index (κ2) is 5.20. The summed E-state index contributed by atoms with van der Waals surface area (Å²) in [4.78, 5) is 21.1. The number of hydrogen-bond donors (Lipinski definition) is 1. The molecule has 0 saturated carbocycles. The molecule has 0 aromatic heterocycles. The van der Waals surface area contributed by atoms with Gasteiger partial charge < -0.3 is 5.11 Å². The largest absolute Gasteiger partial charge is 0.477 e. The molecule has 2 aromatic carbocycles.